The Labute approximate surface area is 138 Å². The van der Waals surface area contributed by atoms with Gasteiger partial charge in [-0.1, -0.05) is 44.2 Å². The molecule has 1 unspecified atom stereocenters. The molecule has 0 aliphatic carbocycles. The fraction of sp³-hybridized carbons (Fsp3) is 0.294. The molecule has 0 N–H and O–H groups in total. The molecule has 0 fully saturated rings. The van der Waals surface area contributed by atoms with E-state index in [2.05, 4.69) is 60.7 Å². The molecule has 0 amide bonds. The minimum atomic E-state index is -0.240. The van der Waals surface area contributed by atoms with E-state index >= 15 is 0 Å². The predicted molar refractivity (Wildman–Crippen MR) is 91.8 cm³/mol. The second-order valence-corrected chi connectivity index (χ2v) is 6.97. The minimum absolute atomic E-state index is 0.228. The number of halogens is 3. The maximum atomic E-state index is 13.1. The Hall–Kier alpha value is -0.610. The largest absolute Gasteiger partial charge is 0.207 e. The van der Waals surface area contributed by atoms with Gasteiger partial charge in [0, 0.05) is 3.57 Å². The highest BCUT2D eigenvalue weighted by atomic mass is 127. The molecular formula is C17H17ClFI. The van der Waals surface area contributed by atoms with Gasteiger partial charge in [-0.15, -0.1) is 11.6 Å². The Morgan fingerprint density at radius 3 is 2.30 bits per heavy atom. The van der Waals surface area contributed by atoms with Crippen molar-refractivity contribution in [2.45, 2.75) is 25.6 Å². The summed E-state index contributed by atoms with van der Waals surface area (Å²) in [5, 5.41) is -0.240. The fourth-order valence-electron chi connectivity index (χ4n) is 2.18. The van der Waals surface area contributed by atoms with Crippen LogP contribution in [-0.4, -0.2) is 0 Å². The molecule has 0 aliphatic rings. The summed E-state index contributed by atoms with van der Waals surface area (Å²) < 4.78 is 14.0. The molecule has 2 aromatic rings. The Morgan fingerprint density at radius 1 is 1.10 bits per heavy atom. The summed E-state index contributed by atoms with van der Waals surface area (Å²) in [6.45, 7) is 4.41. The second kappa shape index (κ2) is 6.90. The average Bonchev–Trinajstić information content (AvgIpc) is 2.38. The first-order chi connectivity index (χ1) is 9.47. The van der Waals surface area contributed by atoms with Gasteiger partial charge in [-0.25, -0.2) is 4.39 Å². The molecule has 106 valence electrons. The zero-order valence-corrected chi connectivity index (χ0v) is 14.5. The Morgan fingerprint density at radius 2 is 1.75 bits per heavy atom. The van der Waals surface area contributed by atoms with E-state index in [1.807, 2.05) is 0 Å². The van der Waals surface area contributed by atoms with Crippen molar-refractivity contribution in [2.75, 3.05) is 0 Å². The maximum Gasteiger partial charge on any atom is 0.124 e. The second-order valence-electron chi connectivity index (χ2n) is 5.37. The van der Waals surface area contributed by atoms with Gasteiger partial charge in [0.15, 0.2) is 0 Å². The van der Waals surface area contributed by atoms with E-state index < -0.39 is 0 Å². The molecule has 0 aliphatic heterocycles. The molecule has 0 heterocycles. The van der Waals surface area contributed by atoms with Crippen molar-refractivity contribution in [3.05, 3.63) is 68.5 Å². The van der Waals surface area contributed by atoms with Gasteiger partial charge in [0.05, 0.1) is 5.38 Å². The highest BCUT2D eigenvalue weighted by Gasteiger charge is 2.14. The third-order valence-electron chi connectivity index (χ3n) is 3.15. The molecule has 0 aromatic heterocycles. The molecule has 0 radical (unpaired) electrons. The summed E-state index contributed by atoms with van der Waals surface area (Å²) in [5.41, 5.74) is 3.32. The van der Waals surface area contributed by atoms with Crippen LogP contribution < -0.4 is 0 Å². The van der Waals surface area contributed by atoms with Crippen LogP contribution in [0.2, 0.25) is 0 Å². The van der Waals surface area contributed by atoms with Crippen LogP contribution in [0.25, 0.3) is 0 Å². The number of rotatable bonds is 4. The molecule has 0 saturated carbocycles. The molecule has 0 spiro atoms. The van der Waals surface area contributed by atoms with Gasteiger partial charge in [0.1, 0.15) is 5.82 Å². The van der Waals surface area contributed by atoms with Crippen molar-refractivity contribution in [1.82, 2.24) is 0 Å². The van der Waals surface area contributed by atoms with Crippen LogP contribution in [0.5, 0.6) is 0 Å². The molecule has 1 atom stereocenters. The molecule has 0 nitrogen and oxygen atoms in total. The lowest BCUT2D eigenvalue weighted by atomic mass is 9.99. The van der Waals surface area contributed by atoms with Crippen LogP contribution in [0.4, 0.5) is 4.39 Å². The van der Waals surface area contributed by atoms with Crippen LogP contribution in [-0.2, 0) is 6.42 Å². The first kappa shape index (κ1) is 15.8. The average molecular weight is 403 g/mol. The summed E-state index contributed by atoms with van der Waals surface area (Å²) in [6, 6.07) is 13.1. The van der Waals surface area contributed by atoms with E-state index in [1.165, 1.54) is 17.7 Å². The van der Waals surface area contributed by atoms with E-state index in [9.17, 15) is 4.39 Å². The van der Waals surface area contributed by atoms with Gasteiger partial charge in [0.25, 0.3) is 0 Å². The van der Waals surface area contributed by atoms with Gasteiger partial charge in [-0.2, -0.15) is 0 Å². The van der Waals surface area contributed by atoms with Crippen LogP contribution in [0.1, 0.15) is 35.9 Å². The fourth-order valence-corrected chi connectivity index (χ4v) is 3.49. The smallest absolute Gasteiger partial charge is 0.124 e. The van der Waals surface area contributed by atoms with Gasteiger partial charge in [0.2, 0.25) is 0 Å². The lowest BCUT2D eigenvalue weighted by Crippen LogP contribution is -1.98. The molecule has 0 saturated heterocycles. The standard InChI is InChI=1S/C17H17ClFI/c1-11(2)9-12-3-5-13(6-4-12)17(18)15-8-7-14(19)10-16(15)20/h3-8,10-11,17H,9H2,1-2H3. The lowest BCUT2D eigenvalue weighted by Gasteiger charge is -2.13. The number of alkyl halides is 1. The van der Waals surface area contributed by atoms with E-state index in [0.29, 0.717) is 5.92 Å². The minimum Gasteiger partial charge on any atom is -0.207 e. The molecule has 3 heteroatoms. The molecule has 20 heavy (non-hydrogen) atoms. The Bertz CT molecular complexity index is 578. The van der Waals surface area contributed by atoms with Gasteiger partial charge in [-0.3, -0.25) is 0 Å². The van der Waals surface area contributed by atoms with Crippen LogP contribution in [0, 0.1) is 15.3 Å². The van der Waals surface area contributed by atoms with Gasteiger partial charge < -0.3 is 0 Å². The molecule has 2 rings (SSSR count). The topological polar surface area (TPSA) is 0 Å². The van der Waals surface area contributed by atoms with E-state index in [-0.39, 0.29) is 11.2 Å². The molecule has 0 bridgehead atoms. The third kappa shape index (κ3) is 3.95. The zero-order chi connectivity index (χ0) is 14.7. The van der Waals surface area contributed by atoms with E-state index in [4.69, 9.17) is 11.6 Å². The highest BCUT2D eigenvalue weighted by molar-refractivity contribution is 14.1. The number of hydrogen-bond donors (Lipinski definition) is 0. The van der Waals surface area contributed by atoms with Crippen LogP contribution in [0.3, 0.4) is 0 Å². The summed E-state index contributed by atoms with van der Waals surface area (Å²) in [7, 11) is 0. The van der Waals surface area contributed by atoms with Crippen molar-refractivity contribution in [1.29, 1.82) is 0 Å². The van der Waals surface area contributed by atoms with Gasteiger partial charge >= 0.3 is 0 Å². The Kier molecular flexibility index (Phi) is 5.44. The molecular weight excluding hydrogens is 386 g/mol. The van der Waals surface area contributed by atoms with Crippen molar-refractivity contribution in [2.24, 2.45) is 5.92 Å². The normalized spacial score (nSPS) is 12.7. The first-order valence-corrected chi connectivity index (χ1v) is 8.16. The van der Waals surface area contributed by atoms with Crippen LogP contribution >= 0.6 is 34.2 Å². The summed E-state index contributed by atoms with van der Waals surface area (Å²) in [6.07, 6.45) is 1.07. The van der Waals surface area contributed by atoms with Crippen molar-refractivity contribution >= 4 is 34.2 Å². The summed E-state index contributed by atoms with van der Waals surface area (Å²) in [4.78, 5) is 0. The monoisotopic (exact) mass is 402 g/mol. The van der Waals surface area contributed by atoms with E-state index in [0.717, 1.165) is 21.1 Å². The number of hydrogen-bond acceptors (Lipinski definition) is 0. The third-order valence-corrected chi connectivity index (χ3v) is 4.57. The highest BCUT2D eigenvalue weighted by Crippen LogP contribution is 2.32. The van der Waals surface area contributed by atoms with Crippen molar-refractivity contribution < 1.29 is 4.39 Å². The van der Waals surface area contributed by atoms with Gasteiger partial charge in [-0.05, 0) is 63.8 Å². The molecule has 2 aromatic carbocycles. The van der Waals surface area contributed by atoms with Crippen molar-refractivity contribution in [3.63, 3.8) is 0 Å². The maximum absolute atomic E-state index is 13.1. The van der Waals surface area contributed by atoms with Crippen LogP contribution in [0.15, 0.2) is 42.5 Å². The lowest BCUT2D eigenvalue weighted by molar-refractivity contribution is 0.626. The number of benzene rings is 2. The quantitative estimate of drug-likeness (QED) is 0.437. The zero-order valence-electron chi connectivity index (χ0n) is 11.5. The first-order valence-electron chi connectivity index (χ1n) is 6.65. The SMILES string of the molecule is CC(C)Cc1ccc(C(Cl)c2ccc(F)cc2I)cc1. The van der Waals surface area contributed by atoms with E-state index in [1.54, 1.807) is 6.07 Å². The summed E-state index contributed by atoms with van der Waals surface area (Å²) in [5.74, 6) is 0.417. The van der Waals surface area contributed by atoms with Crippen molar-refractivity contribution in [3.8, 4) is 0 Å². The summed E-state index contributed by atoms with van der Waals surface area (Å²) >= 11 is 8.65. The Balaban J connectivity index is 2.22. The predicted octanol–water partition coefficient (Wildman–Crippen LogP) is 5.96.